The molecule has 0 aromatic heterocycles. The fraction of sp³-hybridized carbons (Fsp3) is 0.960. The van der Waals surface area contributed by atoms with E-state index in [-0.39, 0.29) is 48.8 Å². The number of rotatable bonds is 4. The molecule has 0 aromatic rings. The zero-order chi connectivity index (χ0) is 23.8. The predicted octanol–water partition coefficient (Wildman–Crippen LogP) is 0.306. The first kappa shape index (κ1) is 22.4. The van der Waals surface area contributed by atoms with E-state index < -0.39 is 40.3 Å². The van der Waals surface area contributed by atoms with E-state index in [1.165, 1.54) is 6.92 Å². The Hall–Kier alpha value is -0.810. The Morgan fingerprint density at radius 3 is 2.65 bits per heavy atom. The molecule has 7 rings (SSSR count). The molecule has 13 atom stereocenters. The Kier molecular flexibility index (Phi) is 4.44. The monoisotopic (exact) mass is 479 g/mol. The van der Waals surface area contributed by atoms with Gasteiger partial charge in [-0.1, -0.05) is 6.92 Å². The number of methoxy groups -OCH3 is 2. The van der Waals surface area contributed by atoms with Crippen molar-refractivity contribution in [2.24, 2.45) is 29.1 Å². The van der Waals surface area contributed by atoms with Gasteiger partial charge in [-0.3, -0.25) is 9.69 Å². The number of piperidine rings is 1. The molecule has 0 amide bonds. The van der Waals surface area contributed by atoms with Gasteiger partial charge < -0.3 is 33.9 Å². The van der Waals surface area contributed by atoms with Crippen LogP contribution in [0.15, 0.2) is 0 Å². The number of nitrogens with zero attached hydrogens (tertiary/aromatic N) is 1. The van der Waals surface area contributed by atoms with E-state index in [2.05, 4.69) is 11.8 Å². The summed E-state index contributed by atoms with van der Waals surface area (Å²) in [6.45, 7) is 5.27. The average Bonchev–Trinajstić information content (AvgIpc) is 3.35. The molecule has 3 spiro atoms. The van der Waals surface area contributed by atoms with Crippen molar-refractivity contribution in [1.82, 2.24) is 4.90 Å². The van der Waals surface area contributed by atoms with Gasteiger partial charge in [0.2, 0.25) is 0 Å². The molecule has 190 valence electrons. The average molecular weight is 480 g/mol. The van der Waals surface area contributed by atoms with Crippen LogP contribution in [0, 0.1) is 29.1 Å². The third-order valence-corrected chi connectivity index (χ3v) is 11.4. The number of ether oxygens (including phenoxy) is 5. The van der Waals surface area contributed by atoms with Crippen molar-refractivity contribution in [3.05, 3.63) is 0 Å². The van der Waals surface area contributed by atoms with Gasteiger partial charge in [0.05, 0.1) is 35.4 Å². The maximum atomic E-state index is 13.1. The Morgan fingerprint density at radius 1 is 1.18 bits per heavy atom. The van der Waals surface area contributed by atoms with Crippen molar-refractivity contribution in [2.45, 2.75) is 86.8 Å². The van der Waals surface area contributed by atoms with Gasteiger partial charge in [-0.15, -0.1) is 0 Å². The molecule has 2 saturated heterocycles. The van der Waals surface area contributed by atoms with Crippen molar-refractivity contribution in [3.8, 4) is 0 Å². The molecule has 34 heavy (non-hydrogen) atoms. The standard InChI is InChI=1S/C25H37NO8/c1-5-26-10-13-6-7-16(30-3)24-17(13)20(34-12(2)27)25(21(24)26)23(32-11-33-25)9-15(28)14-8-22(24,29)19(23)18(14)31-4/h13-21,28-29H,5-11H2,1-4H3. The Labute approximate surface area is 200 Å². The van der Waals surface area contributed by atoms with E-state index in [1.54, 1.807) is 14.2 Å². The maximum absolute atomic E-state index is 13.1. The Morgan fingerprint density at radius 2 is 1.97 bits per heavy atom. The zero-order valence-corrected chi connectivity index (χ0v) is 20.4. The molecule has 7 bridgehead atoms. The van der Waals surface area contributed by atoms with E-state index in [9.17, 15) is 15.0 Å². The largest absolute Gasteiger partial charge is 0.459 e. The first-order valence-electron chi connectivity index (χ1n) is 12.9. The molecular weight excluding hydrogens is 442 g/mol. The molecule has 0 radical (unpaired) electrons. The number of hydrogen-bond donors (Lipinski definition) is 2. The van der Waals surface area contributed by atoms with Crippen LogP contribution in [0.4, 0.5) is 0 Å². The lowest BCUT2D eigenvalue weighted by molar-refractivity contribution is -0.324. The second kappa shape index (κ2) is 6.73. The number of carbonyl (C=O) groups excluding carboxylic acids is 1. The van der Waals surface area contributed by atoms with Crippen molar-refractivity contribution in [1.29, 1.82) is 0 Å². The van der Waals surface area contributed by atoms with Gasteiger partial charge in [0.25, 0.3) is 0 Å². The number of fused-ring (bicyclic) bond motifs is 1. The minimum Gasteiger partial charge on any atom is -0.459 e. The predicted molar refractivity (Wildman–Crippen MR) is 116 cm³/mol. The molecule has 5 saturated carbocycles. The van der Waals surface area contributed by atoms with E-state index in [0.717, 1.165) is 25.9 Å². The van der Waals surface area contributed by atoms with Crippen LogP contribution in [-0.2, 0) is 28.5 Å². The third-order valence-electron chi connectivity index (χ3n) is 11.4. The molecule has 13 unspecified atom stereocenters. The van der Waals surface area contributed by atoms with E-state index >= 15 is 0 Å². The van der Waals surface area contributed by atoms with Crippen molar-refractivity contribution in [3.63, 3.8) is 0 Å². The fourth-order valence-electron chi connectivity index (χ4n) is 11.1. The van der Waals surface area contributed by atoms with Gasteiger partial charge in [-0.05, 0) is 31.7 Å². The highest BCUT2D eigenvalue weighted by Crippen LogP contribution is 2.82. The smallest absolute Gasteiger partial charge is 0.303 e. The van der Waals surface area contributed by atoms with Crippen LogP contribution in [0.1, 0.15) is 39.5 Å². The van der Waals surface area contributed by atoms with Gasteiger partial charge >= 0.3 is 5.97 Å². The minimum atomic E-state index is -1.22. The Balaban J connectivity index is 1.60. The maximum Gasteiger partial charge on any atom is 0.303 e. The van der Waals surface area contributed by atoms with Crippen LogP contribution >= 0.6 is 0 Å². The number of aliphatic hydroxyl groups is 2. The van der Waals surface area contributed by atoms with Gasteiger partial charge in [0.1, 0.15) is 18.5 Å². The van der Waals surface area contributed by atoms with Gasteiger partial charge in [0, 0.05) is 51.9 Å². The molecule has 5 aliphatic carbocycles. The minimum absolute atomic E-state index is 0.0390. The van der Waals surface area contributed by atoms with Crippen LogP contribution < -0.4 is 0 Å². The highest BCUT2D eigenvalue weighted by atomic mass is 16.7. The summed E-state index contributed by atoms with van der Waals surface area (Å²) in [6.07, 6.45) is 0.622. The molecule has 0 aromatic carbocycles. The summed E-state index contributed by atoms with van der Waals surface area (Å²) in [7, 11) is 3.39. The number of aliphatic hydroxyl groups excluding tert-OH is 1. The fourth-order valence-corrected chi connectivity index (χ4v) is 11.1. The second-order valence-corrected chi connectivity index (χ2v) is 11.9. The van der Waals surface area contributed by atoms with Gasteiger partial charge in [-0.25, -0.2) is 0 Å². The van der Waals surface area contributed by atoms with Crippen molar-refractivity contribution < 1.29 is 38.7 Å². The normalized spacial score (nSPS) is 60.8. The highest BCUT2D eigenvalue weighted by Gasteiger charge is 2.96. The van der Waals surface area contributed by atoms with E-state index in [1.807, 2.05) is 0 Å². The third kappa shape index (κ3) is 1.97. The molecular formula is C25H37NO8. The summed E-state index contributed by atoms with van der Waals surface area (Å²) in [5, 5.41) is 24.6. The Bertz CT molecular complexity index is 917. The number of esters is 1. The first-order valence-corrected chi connectivity index (χ1v) is 12.9. The molecule has 9 nitrogen and oxygen atoms in total. The summed E-state index contributed by atoms with van der Waals surface area (Å²) in [5.74, 6) is -0.842. The molecule has 2 N–H and O–H groups in total. The molecule has 2 aliphatic heterocycles. The number of likely N-dealkylation sites (tertiary alicyclic amines) is 1. The summed E-state index contributed by atoms with van der Waals surface area (Å²) in [6, 6.07) is -0.258. The molecule has 2 heterocycles. The number of likely N-dealkylation sites (N-methyl/N-ethyl adjacent to an activating group) is 1. The lowest BCUT2D eigenvalue weighted by atomic mass is 9.43. The second-order valence-electron chi connectivity index (χ2n) is 11.9. The van der Waals surface area contributed by atoms with Crippen molar-refractivity contribution >= 4 is 5.97 Å². The van der Waals surface area contributed by atoms with E-state index in [4.69, 9.17) is 23.7 Å². The number of carbonyl (C=O) groups is 1. The number of hydrogen-bond acceptors (Lipinski definition) is 9. The first-order chi connectivity index (χ1) is 16.3. The molecule has 9 heteroatoms. The van der Waals surface area contributed by atoms with E-state index in [0.29, 0.717) is 12.8 Å². The SMILES string of the molecule is CCN1CC2CCC(OC)C34C2C(OC(C)=O)C2(OCOC25CC(O)C2CC3(O)C5C2OC)C14. The highest BCUT2D eigenvalue weighted by molar-refractivity contribution is 5.67. The van der Waals surface area contributed by atoms with Gasteiger partial charge in [0.15, 0.2) is 5.60 Å². The van der Waals surface area contributed by atoms with Crippen LogP contribution in [0.2, 0.25) is 0 Å². The van der Waals surface area contributed by atoms with Crippen LogP contribution in [0.5, 0.6) is 0 Å². The topological polar surface area (TPSA) is 107 Å². The van der Waals surface area contributed by atoms with Crippen LogP contribution in [0.25, 0.3) is 0 Å². The zero-order valence-electron chi connectivity index (χ0n) is 20.4. The quantitative estimate of drug-likeness (QED) is 0.551. The summed E-state index contributed by atoms with van der Waals surface area (Å²) < 4.78 is 31.9. The molecule has 7 fully saturated rings. The van der Waals surface area contributed by atoms with Crippen molar-refractivity contribution in [2.75, 3.05) is 34.1 Å². The van der Waals surface area contributed by atoms with Crippen LogP contribution in [0.3, 0.4) is 0 Å². The van der Waals surface area contributed by atoms with Gasteiger partial charge in [-0.2, -0.15) is 0 Å². The lowest BCUT2D eigenvalue weighted by Crippen LogP contribution is -2.85. The summed E-state index contributed by atoms with van der Waals surface area (Å²) in [4.78, 5) is 15.0. The lowest BCUT2D eigenvalue weighted by Gasteiger charge is -2.70. The summed E-state index contributed by atoms with van der Waals surface area (Å²) >= 11 is 0. The van der Waals surface area contributed by atoms with Crippen LogP contribution in [-0.4, -0.2) is 102 Å². The molecule has 7 aliphatic rings. The summed E-state index contributed by atoms with van der Waals surface area (Å²) in [5.41, 5.74) is -3.98.